The summed E-state index contributed by atoms with van der Waals surface area (Å²) < 4.78 is 0. The highest BCUT2D eigenvalue weighted by molar-refractivity contribution is 5.78. The van der Waals surface area contributed by atoms with Crippen molar-refractivity contribution < 1.29 is 10.2 Å². The molecule has 0 aliphatic carbocycles. The molecule has 21 heavy (non-hydrogen) atoms. The number of aliphatic hydroxyl groups is 2. The first kappa shape index (κ1) is 14.1. The van der Waals surface area contributed by atoms with E-state index in [1.807, 2.05) is 0 Å². The lowest BCUT2D eigenvalue weighted by molar-refractivity contribution is -0.00433. The SMILES string of the molecule is Nc1nc2c(CN3CCC(CO)C(O)C3)c[nH]c2c(=O)[nH]1. The Bertz CT molecular complexity index is 695. The van der Waals surface area contributed by atoms with Crippen LogP contribution in [-0.2, 0) is 6.54 Å². The summed E-state index contributed by atoms with van der Waals surface area (Å²) >= 11 is 0. The van der Waals surface area contributed by atoms with Crippen LogP contribution in [0.25, 0.3) is 11.0 Å². The van der Waals surface area contributed by atoms with Crippen LogP contribution < -0.4 is 11.3 Å². The molecular formula is C13H19N5O3. The number of nitrogen functional groups attached to an aromatic ring is 1. The first-order valence-corrected chi connectivity index (χ1v) is 6.95. The Kier molecular flexibility index (Phi) is 3.66. The fourth-order valence-electron chi connectivity index (χ4n) is 2.85. The molecule has 2 aromatic rings. The maximum atomic E-state index is 11.8. The van der Waals surface area contributed by atoms with Crippen LogP contribution in [-0.4, -0.2) is 55.9 Å². The summed E-state index contributed by atoms with van der Waals surface area (Å²) in [4.78, 5) is 23.4. The number of β-amino-alcohol motifs (C(OH)–C–C–N with tert-alkyl or cyclic N) is 1. The van der Waals surface area contributed by atoms with Crippen LogP contribution in [0.15, 0.2) is 11.0 Å². The van der Waals surface area contributed by atoms with Crippen LogP contribution in [0.1, 0.15) is 12.0 Å². The third-order valence-corrected chi connectivity index (χ3v) is 4.07. The van der Waals surface area contributed by atoms with E-state index >= 15 is 0 Å². The fraction of sp³-hybridized carbons (Fsp3) is 0.538. The second-order valence-corrected chi connectivity index (χ2v) is 5.52. The number of hydrogen-bond donors (Lipinski definition) is 5. The van der Waals surface area contributed by atoms with Crippen molar-refractivity contribution in [2.45, 2.75) is 19.1 Å². The van der Waals surface area contributed by atoms with Gasteiger partial charge in [0.1, 0.15) is 11.0 Å². The summed E-state index contributed by atoms with van der Waals surface area (Å²) in [6.07, 6.45) is 1.96. The molecule has 114 valence electrons. The van der Waals surface area contributed by atoms with Gasteiger partial charge in [-0.05, 0) is 13.0 Å². The number of nitrogens with zero attached hydrogens (tertiary/aromatic N) is 2. The molecule has 8 nitrogen and oxygen atoms in total. The average molecular weight is 293 g/mol. The van der Waals surface area contributed by atoms with Crippen molar-refractivity contribution >= 4 is 17.0 Å². The van der Waals surface area contributed by atoms with Crippen molar-refractivity contribution in [3.05, 3.63) is 22.1 Å². The number of nitrogens with two attached hydrogens (primary N) is 1. The van der Waals surface area contributed by atoms with Gasteiger partial charge in [-0.15, -0.1) is 0 Å². The zero-order chi connectivity index (χ0) is 15.0. The minimum atomic E-state index is -0.532. The number of fused-ring (bicyclic) bond motifs is 1. The molecular weight excluding hydrogens is 274 g/mol. The van der Waals surface area contributed by atoms with Crippen LogP contribution in [0, 0.1) is 5.92 Å². The van der Waals surface area contributed by atoms with E-state index in [-0.39, 0.29) is 24.0 Å². The van der Waals surface area contributed by atoms with E-state index in [0.717, 1.165) is 18.5 Å². The Morgan fingerprint density at radius 3 is 3.05 bits per heavy atom. The normalized spacial score (nSPS) is 23.7. The maximum Gasteiger partial charge on any atom is 0.276 e. The number of H-pyrrole nitrogens is 2. The Morgan fingerprint density at radius 2 is 2.33 bits per heavy atom. The molecule has 0 aromatic carbocycles. The first-order valence-electron chi connectivity index (χ1n) is 6.95. The van der Waals surface area contributed by atoms with Gasteiger partial charge in [0.05, 0.1) is 6.10 Å². The number of hydrogen-bond acceptors (Lipinski definition) is 6. The van der Waals surface area contributed by atoms with Crippen molar-refractivity contribution in [2.24, 2.45) is 5.92 Å². The number of aliphatic hydroxyl groups excluding tert-OH is 2. The van der Waals surface area contributed by atoms with Gasteiger partial charge in [0.15, 0.2) is 0 Å². The van der Waals surface area contributed by atoms with E-state index in [1.165, 1.54) is 0 Å². The Labute approximate surface area is 120 Å². The summed E-state index contributed by atoms with van der Waals surface area (Å²) in [5, 5.41) is 19.1. The van der Waals surface area contributed by atoms with Crippen molar-refractivity contribution in [2.75, 3.05) is 25.4 Å². The van der Waals surface area contributed by atoms with Crippen LogP contribution in [0.4, 0.5) is 5.95 Å². The van der Waals surface area contributed by atoms with Gasteiger partial charge in [0.2, 0.25) is 5.95 Å². The van der Waals surface area contributed by atoms with Crippen LogP contribution >= 0.6 is 0 Å². The molecule has 3 heterocycles. The number of nitrogens with one attached hydrogen (secondary N) is 2. The van der Waals surface area contributed by atoms with E-state index in [1.54, 1.807) is 6.20 Å². The molecule has 6 N–H and O–H groups in total. The number of likely N-dealkylation sites (tertiary alicyclic amines) is 1. The Balaban J connectivity index is 1.81. The summed E-state index contributed by atoms with van der Waals surface area (Å²) in [7, 11) is 0. The minimum absolute atomic E-state index is 0.00948. The van der Waals surface area contributed by atoms with Gasteiger partial charge in [-0.3, -0.25) is 14.7 Å². The first-order chi connectivity index (χ1) is 10.1. The molecule has 1 aliphatic heterocycles. The Hall–Kier alpha value is -1.90. The molecule has 0 amide bonds. The number of rotatable bonds is 3. The average Bonchev–Trinajstić information content (AvgIpc) is 2.82. The number of aromatic amines is 2. The monoisotopic (exact) mass is 293 g/mol. The molecule has 0 saturated carbocycles. The van der Waals surface area contributed by atoms with Gasteiger partial charge in [0, 0.05) is 37.4 Å². The van der Waals surface area contributed by atoms with Crippen LogP contribution in [0.2, 0.25) is 0 Å². The van der Waals surface area contributed by atoms with Gasteiger partial charge in [-0.25, -0.2) is 4.98 Å². The van der Waals surface area contributed by atoms with E-state index < -0.39 is 6.10 Å². The van der Waals surface area contributed by atoms with E-state index in [4.69, 9.17) is 10.8 Å². The Morgan fingerprint density at radius 1 is 1.52 bits per heavy atom. The molecule has 0 radical (unpaired) electrons. The van der Waals surface area contributed by atoms with Gasteiger partial charge < -0.3 is 20.9 Å². The van der Waals surface area contributed by atoms with Crippen LogP contribution in [0.5, 0.6) is 0 Å². The van der Waals surface area contributed by atoms with Crippen molar-refractivity contribution in [3.8, 4) is 0 Å². The lowest BCUT2D eigenvalue weighted by Gasteiger charge is -2.34. The molecule has 1 fully saturated rings. The fourth-order valence-corrected chi connectivity index (χ4v) is 2.85. The maximum absolute atomic E-state index is 11.8. The summed E-state index contributed by atoms with van der Waals surface area (Å²) in [6.45, 7) is 1.87. The lowest BCUT2D eigenvalue weighted by Crippen LogP contribution is -2.44. The quantitative estimate of drug-likeness (QED) is 0.494. The predicted molar refractivity (Wildman–Crippen MR) is 77.6 cm³/mol. The smallest absolute Gasteiger partial charge is 0.276 e. The van der Waals surface area contributed by atoms with Gasteiger partial charge in [-0.1, -0.05) is 0 Å². The number of piperidine rings is 1. The third kappa shape index (κ3) is 2.65. The van der Waals surface area contributed by atoms with Crippen LogP contribution in [0.3, 0.4) is 0 Å². The zero-order valence-electron chi connectivity index (χ0n) is 11.5. The van der Waals surface area contributed by atoms with Gasteiger partial charge in [0.25, 0.3) is 5.56 Å². The molecule has 1 saturated heterocycles. The topological polar surface area (TPSA) is 131 Å². The molecule has 0 bridgehead atoms. The number of aromatic nitrogens is 3. The molecule has 2 atom stereocenters. The molecule has 2 unspecified atom stereocenters. The zero-order valence-corrected chi connectivity index (χ0v) is 11.5. The van der Waals surface area contributed by atoms with Crippen molar-refractivity contribution in [1.82, 2.24) is 19.9 Å². The largest absolute Gasteiger partial charge is 0.396 e. The lowest BCUT2D eigenvalue weighted by atomic mass is 9.94. The van der Waals surface area contributed by atoms with E-state index in [9.17, 15) is 9.90 Å². The number of anilines is 1. The molecule has 8 heteroatoms. The summed E-state index contributed by atoms with van der Waals surface area (Å²) in [6, 6.07) is 0. The molecule has 1 aliphatic rings. The highest BCUT2D eigenvalue weighted by atomic mass is 16.3. The highest BCUT2D eigenvalue weighted by Gasteiger charge is 2.27. The third-order valence-electron chi connectivity index (χ3n) is 4.07. The summed E-state index contributed by atoms with van der Waals surface area (Å²) in [5.74, 6) is 0.0354. The standard InChI is InChI=1S/C13H19N5O3/c14-13-16-10-8(3-15-11(10)12(21)17-13)4-18-2-1-7(6-19)9(20)5-18/h3,7,9,15,19-20H,1-2,4-6H2,(H3,14,16,17,21). The second-order valence-electron chi connectivity index (χ2n) is 5.52. The predicted octanol–water partition coefficient (Wildman–Crippen LogP) is -0.991. The van der Waals surface area contributed by atoms with Crippen molar-refractivity contribution in [3.63, 3.8) is 0 Å². The molecule has 0 spiro atoms. The molecule has 2 aromatic heterocycles. The summed E-state index contributed by atoms with van der Waals surface area (Å²) in [5.41, 5.74) is 7.14. The second kappa shape index (κ2) is 5.47. The minimum Gasteiger partial charge on any atom is -0.396 e. The van der Waals surface area contributed by atoms with E-state index in [2.05, 4.69) is 19.9 Å². The molecule has 3 rings (SSSR count). The highest BCUT2D eigenvalue weighted by Crippen LogP contribution is 2.21. The van der Waals surface area contributed by atoms with E-state index in [0.29, 0.717) is 24.1 Å². The van der Waals surface area contributed by atoms with Gasteiger partial charge in [-0.2, -0.15) is 0 Å². The van der Waals surface area contributed by atoms with Gasteiger partial charge >= 0.3 is 0 Å². The van der Waals surface area contributed by atoms with Crippen molar-refractivity contribution in [1.29, 1.82) is 0 Å².